The molecule has 0 saturated heterocycles. The van der Waals surface area contributed by atoms with E-state index < -0.39 is 0 Å². The Morgan fingerprint density at radius 3 is 2.89 bits per heavy atom. The number of urea groups is 1. The Kier molecular flexibility index (Phi) is 4.18. The first-order chi connectivity index (χ1) is 8.84. The van der Waals surface area contributed by atoms with E-state index in [4.69, 9.17) is 0 Å². The fourth-order valence-corrected chi connectivity index (χ4v) is 1.39. The maximum absolute atomic E-state index is 11.5. The van der Waals surface area contributed by atoms with Gasteiger partial charge in [-0.2, -0.15) is 0 Å². The quantitative estimate of drug-likeness (QED) is 0.846. The lowest BCUT2D eigenvalue weighted by molar-refractivity contribution is 0.252. The first-order valence-electron chi connectivity index (χ1n) is 5.54. The number of anilines is 1. The molecule has 0 bridgehead atoms. The predicted molar refractivity (Wildman–Crippen MR) is 67.0 cm³/mol. The summed E-state index contributed by atoms with van der Waals surface area (Å²) in [5, 5.41) is 5.35. The molecule has 2 amide bonds. The normalized spacial score (nSPS) is 9.78. The Balaban J connectivity index is 1.73. The summed E-state index contributed by atoms with van der Waals surface area (Å²) in [5.74, 6) is 0.476. The molecule has 0 aliphatic rings. The zero-order valence-electron chi connectivity index (χ0n) is 9.71. The molecule has 6 nitrogen and oxygen atoms in total. The average Bonchev–Trinajstić information content (AvgIpc) is 2.41. The van der Waals surface area contributed by atoms with Crippen molar-refractivity contribution >= 4 is 11.8 Å². The van der Waals surface area contributed by atoms with Gasteiger partial charge in [-0.15, -0.1) is 0 Å². The van der Waals surface area contributed by atoms with Crippen molar-refractivity contribution in [1.82, 2.24) is 20.3 Å². The van der Waals surface area contributed by atoms with Crippen molar-refractivity contribution in [2.24, 2.45) is 0 Å². The summed E-state index contributed by atoms with van der Waals surface area (Å²) in [5.41, 5.74) is 1.08. The molecule has 0 spiro atoms. The molecule has 0 aromatic carbocycles. The number of amides is 2. The van der Waals surface area contributed by atoms with Crippen LogP contribution < -0.4 is 10.6 Å². The molecule has 0 saturated carbocycles. The van der Waals surface area contributed by atoms with Gasteiger partial charge in [-0.25, -0.2) is 14.8 Å². The van der Waals surface area contributed by atoms with Crippen molar-refractivity contribution in [3.8, 4) is 0 Å². The molecule has 2 rings (SSSR count). The van der Waals surface area contributed by atoms with Crippen LogP contribution in [0.3, 0.4) is 0 Å². The monoisotopic (exact) mass is 243 g/mol. The van der Waals surface area contributed by atoms with E-state index in [1.165, 1.54) is 6.33 Å². The summed E-state index contributed by atoms with van der Waals surface area (Å²) in [6.07, 6.45) is 7.19. The van der Waals surface area contributed by atoms with Gasteiger partial charge in [0.25, 0.3) is 0 Å². The Labute approximate surface area is 105 Å². The van der Waals surface area contributed by atoms with Gasteiger partial charge >= 0.3 is 6.03 Å². The first-order valence-corrected chi connectivity index (χ1v) is 5.54. The summed E-state index contributed by atoms with van der Waals surface area (Å²) < 4.78 is 0. The number of aromatic nitrogens is 3. The van der Waals surface area contributed by atoms with Crippen LogP contribution in [0.4, 0.5) is 10.6 Å². The van der Waals surface area contributed by atoms with E-state index in [-0.39, 0.29) is 6.03 Å². The second kappa shape index (κ2) is 6.29. The highest BCUT2D eigenvalue weighted by Crippen LogP contribution is 1.98. The lowest BCUT2D eigenvalue weighted by Gasteiger charge is -2.06. The van der Waals surface area contributed by atoms with Crippen LogP contribution in [0.2, 0.25) is 0 Å². The van der Waals surface area contributed by atoms with E-state index in [0.717, 1.165) is 12.0 Å². The second-order valence-electron chi connectivity index (χ2n) is 3.59. The lowest BCUT2D eigenvalue weighted by Crippen LogP contribution is -2.30. The van der Waals surface area contributed by atoms with Gasteiger partial charge in [0.2, 0.25) is 0 Å². The van der Waals surface area contributed by atoms with Gasteiger partial charge in [0.1, 0.15) is 12.1 Å². The second-order valence-corrected chi connectivity index (χ2v) is 3.59. The van der Waals surface area contributed by atoms with Gasteiger partial charge in [0.05, 0.1) is 0 Å². The van der Waals surface area contributed by atoms with Gasteiger partial charge in [-0.3, -0.25) is 10.3 Å². The van der Waals surface area contributed by atoms with Crippen LogP contribution in [0.1, 0.15) is 5.56 Å². The Hall–Kier alpha value is -2.50. The first kappa shape index (κ1) is 12.0. The highest BCUT2D eigenvalue weighted by Gasteiger charge is 2.01. The number of hydrogen-bond donors (Lipinski definition) is 2. The molecule has 0 unspecified atom stereocenters. The Morgan fingerprint density at radius 2 is 2.17 bits per heavy atom. The van der Waals surface area contributed by atoms with Gasteiger partial charge < -0.3 is 5.32 Å². The molecule has 0 fully saturated rings. The van der Waals surface area contributed by atoms with Crippen molar-refractivity contribution < 1.29 is 4.79 Å². The van der Waals surface area contributed by atoms with Crippen LogP contribution in [-0.4, -0.2) is 27.5 Å². The predicted octanol–water partition coefficient (Wildman–Crippen LogP) is 1.24. The standard InChI is InChI=1S/C12H13N5O/c18-12(17-11-4-6-14-9-16-11)15-7-3-10-2-1-5-13-8-10/h1-2,4-6,8-9H,3,7H2,(H2,14,15,16,17,18). The van der Waals surface area contributed by atoms with E-state index >= 15 is 0 Å². The molecule has 2 heterocycles. The number of carbonyl (C=O) groups excluding carboxylic acids is 1. The minimum atomic E-state index is -0.280. The van der Waals surface area contributed by atoms with Crippen molar-refractivity contribution in [3.05, 3.63) is 48.7 Å². The van der Waals surface area contributed by atoms with Crippen LogP contribution >= 0.6 is 0 Å². The third kappa shape index (κ3) is 3.82. The molecular formula is C12H13N5O. The van der Waals surface area contributed by atoms with E-state index in [9.17, 15) is 4.79 Å². The van der Waals surface area contributed by atoms with E-state index in [1.54, 1.807) is 24.7 Å². The zero-order chi connectivity index (χ0) is 12.6. The third-order valence-corrected chi connectivity index (χ3v) is 2.25. The van der Waals surface area contributed by atoms with Crippen LogP contribution in [0.5, 0.6) is 0 Å². The molecule has 92 valence electrons. The van der Waals surface area contributed by atoms with Gasteiger partial charge in [-0.05, 0) is 24.1 Å². The highest BCUT2D eigenvalue weighted by molar-refractivity contribution is 5.88. The minimum Gasteiger partial charge on any atom is -0.337 e. The molecule has 6 heteroatoms. The highest BCUT2D eigenvalue weighted by atomic mass is 16.2. The molecule has 0 atom stereocenters. The number of hydrogen-bond acceptors (Lipinski definition) is 4. The van der Waals surface area contributed by atoms with Gasteiger partial charge in [0, 0.05) is 25.1 Å². The third-order valence-electron chi connectivity index (χ3n) is 2.25. The van der Waals surface area contributed by atoms with Crippen LogP contribution in [0.25, 0.3) is 0 Å². The Morgan fingerprint density at radius 1 is 1.22 bits per heavy atom. The minimum absolute atomic E-state index is 0.280. The van der Waals surface area contributed by atoms with Crippen molar-refractivity contribution in [1.29, 1.82) is 0 Å². The molecule has 2 N–H and O–H groups in total. The fraction of sp³-hybridized carbons (Fsp3) is 0.167. The Bertz CT molecular complexity index is 488. The molecule has 2 aromatic rings. The fourth-order valence-electron chi connectivity index (χ4n) is 1.39. The summed E-state index contributed by atoms with van der Waals surface area (Å²) in [6, 6.07) is 5.19. The average molecular weight is 243 g/mol. The molecule has 0 radical (unpaired) electrons. The lowest BCUT2D eigenvalue weighted by atomic mass is 10.2. The maximum atomic E-state index is 11.5. The van der Waals surface area contributed by atoms with Crippen molar-refractivity contribution in [2.45, 2.75) is 6.42 Å². The molecule has 2 aromatic heterocycles. The summed E-state index contributed by atoms with van der Waals surface area (Å²) >= 11 is 0. The number of nitrogens with one attached hydrogen (secondary N) is 2. The summed E-state index contributed by atoms with van der Waals surface area (Å²) in [7, 11) is 0. The van der Waals surface area contributed by atoms with Crippen molar-refractivity contribution in [3.63, 3.8) is 0 Å². The van der Waals surface area contributed by atoms with Gasteiger partial charge in [0.15, 0.2) is 0 Å². The number of pyridine rings is 1. The number of nitrogens with zero attached hydrogens (tertiary/aromatic N) is 3. The molecule has 0 aliphatic carbocycles. The zero-order valence-corrected chi connectivity index (χ0v) is 9.71. The smallest absolute Gasteiger partial charge is 0.320 e. The largest absolute Gasteiger partial charge is 0.337 e. The van der Waals surface area contributed by atoms with Crippen molar-refractivity contribution in [2.75, 3.05) is 11.9 Å². The van der Waals surface area contributed by atoms with E-state index in [2.05, 4.69) is 25.6 Å². The summed E-state index contributed by atoms with van der Waals surface area (Å²) in [4.78, 5) is 23.2. The van der Waals surface area contributed by atoms with E-state index in [0.29, 0.717) is 12.4 Å². The number of rotatable bonds is 4. The maximum Gasteiger partial charge on any atom is 0.320 e. The van der Waals surface area contributed by atoms with Crippen LogP contribution in [0, 0.1) is 0 Å². The topological polar surface area (TPSA) is 79.8 Å². The molecular weight excluding hydrogens is 230 g/mol. The summed E-state index contributed by atoms with van der Waals surface area (Å²) in [6.45, 7) is 0.544. The molecule has 0 aliphatic heterocycles. The van der Waals surface area contributed by atoms with Crippen LogP contribution in [0.15, 0.2) is 43.1 Å². The molecule has 18 heavy (non-hydrogen) atoms. The SMILES string of the molecule is O=C(NCCc1cccnc1)Nc1ccncn1. The number of carbonyl (C=O) groups is 1. The van der Waals surface area contributed by atoms with E-state index in [1.807, 2.05) is 12.1 Å². The van der Waals surface area contributed by atoms with Gasteiger partial charge in [-0.1, -0.05) is 6.07 Å². The van der Waals surface area contributed by atoms with Crippen LogP contribution in [-0.2, 0) is 6.42 Å².